The van der Waals surface area contributed by atoms with Gasteiger partial charge in [0.15, 0.2) is 0 Å². The van der Waals surface area contributed by atoms with E-state index in [1.807, 2.05) is 0 Å². The number of rotatable bonds is 6. The first-order valence-corrected chi connectivity index (χ1v) is 5.07. The van der Waals surface area contributed by atoms with Gasteiger partial charge in [0.2, 0.25) is 5.82 Å². The number of aliphatic hydroxyl groups excluding tert-OH is 1. The second kappa shape index (κ2) is 6.12. The van der Waals surface area contributed by atoms with Crippen molar-refractivity contribution in [2.24, 2.45) is 0 Å². The second-order valence-corrected chi connectivity index (χ2v) is 3.57. The molecule has 1 atom stereocenters. The minimum Gasteiger partial charge on any atom is -0.389 e. The predicted octanol–water partition coefficient (Wildman–Crippen LogP) is 0.717. The van der Waals surface area contributed by atoms with E-state index in [1.165, 1.54) is 13.2 Å². The quantitative estimate of drug-likeness (QED) is 0.562. The van der Waals surface area contributed by atoms with E-state index in [2.05, 4.69) is 10.3 Å². The van der Waals surface area contributed by atoms with Gasteiger partial charge in [-0.2, -0.15) is 0 Å². The van der Waals surface area contributed by atoms with Gasteiger partial charge in [-0.15, -0.1) is 0 Å². The number of pyridine rings is 1. The van der Waals surface area contributed by atoms with E-state index in [-0.39, 0.29) is 24.7 Å². The van der Waals surface area contributed by atoms with Crippen LogP contribution in [-0.2, 0) is 4.74 Å². The Kier molecular flexibility index (Phi) is 4.80. The van der Waals surface area contributed by atoms with Crippen LogP contribution in [0, 0.1) is 17.0 Å². The number of aliphatic hydroxyl groups is 1. The lowest BCUT2D eigenvalue weighted by molar-refractivity contribution is -0.384. The third kappa shape index (κ3) is 3.97. The lowest BCUT2D eigenvalue weighted by Crippen LogP contribution is -2.24. The zero-order chi connectivity index (χ0) is 12.8. The summed E-state index contributed by atoms with van der Waals surface area (Å²) in [4.78, 5) is 14.2. The van der Waals surface area contributed by atoms with E-state index in [0.717, 1.165) is 0 Å². The highest BCUT2D eigenvalue weighted by molar-refractivity contribution is 5.56. The summed E-state index contributed by atoms with van der Waals surface area (Å²) in [6.07, 6.45) is -0.734. The van der Waals surface area contributed by atoms with E-state index in [0.29, 0.717) is 5.69 Å². The summed E-state index contributed by atoms with van der Waals surface area (Å²) in [5, 5.41) is 22.9. The van der Waals surface area contributed by atoms with Gasteiger partial charge in [0, 0.05) is 25.4 Å². The van der Waals surface area contributed by atoms with Crippen LogP contribution in [0.4, 0.5) is 11.5 Å². The maximum atomic E-state index is 10.7. The fourth-order valence-electron chi connectivity index (χ4n) is 1.29. The van der Waals surface area contributed by atoms with Gasteiger partial charge < -0.3 is 15.2 Å². The van der Waals surface area contributed by atoms with Crippen molar-refractivity contribution in [2.75, 3.05) is 25.6 Å². The number of aromatic nitrogens is 1. The number of hydrogen-bond acceptors (Lipinski definition) is 6. The van der Waals surface area contributed by atoms with Crippen molar-refractivity contribution in [3.63, 3.8) is 0 Å². The van der Waals surface area contributed by atoms with Gasteiger partial charge in [-0.05, 0) is 13.0 Å². The minimum atomic E-state index is -0.734. The summed E-state index contributed by atoms with van der Waals surface area (Å²) in [6.45, 7) is 2.04. The van der Waals surface area contributed by atoms with Crippen LogP contribution < -0.4 is 5.32 Å². The van der Waals surface area contributed by atoms with E-state index >= 15 is 0 Å². The molecule has 1 aromatic heterocycles. The molecule has 1 unspecified atom stereocenters. The van der Waals surface area contributed by atoms with Crippen molar-refractivity contribution in [2.45, 2.75) is 13.0 Å². The van der Waals surface area contributed by atoms with E-state index < -0.39 is 11.0 Å². The summed E-state index contributed by atoms with van der Waals surface area (Å²) in [5.74, 6) is 0.158. The van der Waals surface area contributed by atoms with Crippen LogP contribution in [0.2, 0.25) is 0 Å². The third-order valence-electron chi connectivity index (χ3n) is 2.07. The monoisotopic (exact) mass is 241 g/mol. The molecule has 0 aliphatic carbocycles. The van der Waals surface area contributed by atoms with Gasteiger partial charge in [-0.3, -0.25) is 10.1 Å². The Morgan fingerprint density at radius 3 is 2.94 bits per heavy atom. The highest BCUT2D eigenvalue weighted by Crippen LogP contribution is 2.21. The number of ether oxygens (including phenoxy) is 1. The van der Waals surface area contributed by atoms with Crippen LogP contribution in [0.3, 0.4) is 0 Å². The molecule has 0 saturated carbocycles. The zero-order valence-electron chi connectivity index (χ0n) is 9.71. The third-order valence-corrected chi connectivity index (χ3v) is 2.07. The van der Waals surface area contributed by atoms with Crippen LogP contribution in [0.5, 0.6) is 0 Å². The zero-order valence-corrected chi connectivity index (χ0v) is 9.71. The molecule has 0 saturated heterocycles. The Hall–Kier alpha value is -1.73. The number of nitrogens with zero attached hydrogens (tertiary/aromatic N) is 2. The molecule has 0 radical (unpaired) electrons. The first-order chi connectivity index (χ1) is 8.04. The number of anilines is 1. The maximum absolute atomic E-state index is 10.7. The van der Waals surface area contributed by atoms with Crippen molar-refractivity contribution in [3.8, 4) is 0 Å². The van der Waals surface area contributed by atoms with Gasteiger partial charge in [0.25, 0.3) is 0 Å². The van der Waals surface area contributed by atoms with Gasteiger partial charge in [-0.25, -0.2) is 4.98 Å². The molecule has 17 heavy (non-hydrogen) atoms. The van der Waals surface area contributed by atoms with Crippen molar-refractivity contribution < 1.29 is 14.8 Å². The van der Waals surface area contributed by atoms with Crippen LogP contribution in [0.25, 0.3) is 0 Å². The van der Waals surface area contributed by atoms with Crippen LogP contribution >= 0.6 is 0 Å². The maximum Gasteiger partial charge on any atom is 0.311 e. The van der Waals surface area contributed by atoms with Crippen LogP contribution in [0.15, 0.2) is 12.1 Å². The van der Waals surface area contributed by atoms with E-state index in [1.54, 1.807) is 13.0 Å². The molecule has 0 aliphatic heterocycles. The molecule has 0 bridgehead atoms. The Labute approximate surface area is 98.6 Å². The van der Waals surface area contributed by atoms with Crippen LogP contribution in [0.1, 0.15) is 5.69 Å². The smallest absolute Gasteiger partial charge is 0.311 e. The lowest BCUT2D eigenvalue weighted by atomic mass is 10.3. The topological polar surface area (TPSA) is 97.5 Å². The lowest BCUT2D eigenvalue weighted by Gasteiger charge is -2.11. The number of methoxy groups -OCH3 is 1. The Bertz CT molecular complexity index is 397. The molecule has 94 valence electrons. The summed E-state index contributed by atoms with van der Waals surface area (Å²) in [6, 6.07) is 2.95. The number of hydrogen-bond donors (Lipinski definition) is 2. The molecule has 1 rings (SSSR count). The second-order valence-electron chi connectivity index (χ2n) is 3.57. The largest absolute Gasteiger partial charge is 0.389 e. The Morgan fingerprint density at radius 1 is 1.65 bits per heavy atom. The number of nitrogens with one attached hydrogen (secondary N) is 1. The normalized spacial score (nSPS) is 12.2. The average Bonchev–Trinajstić information content (AvgIpc) is 2.26. The van der Waals surface area contributed by atoms with E-state index in [4.69, 9.17) is 4.74 Å². The molecular formula is C10H15N3O4. The molecule has 0 amide bonds. The Morgan fingerprint density at radius 2 is 2.35 bits per heavy atom. The molecule has 7 heteroatoms. The molecule has 0 aliphatic rings. The summed E-state index contributed by atoms with van der Waals surface area (Å²) < 4.78 is 4.75. The molecule has 0 fully saturated rings. The molecule has 1 aromatic rings. The fraction of sp³-hybridized carbons (Fsp3) is 0.500. The summed E-state index contributed by atoms with van der Waals surface area (Å²) in [7, 11) is 1.47. The SMILES string of the molecule is COCC(O)CNc1nc(C)ccc1[N+](=O)[O-]. The Balaban J connectivity index is 2.75. The average molecular weight is 241 g/mol. The predicted molar refractivity (Wildman–Crippen MR) is 62.0 cm³/mol. The van der Waals surface area contributed by atoms with Crippen LogP contribution in [-0.4, -0.2) is 41.4 Å². The van der Waals surface area contributed by atoms with Crippen molar-refractivity contribution in [3.05, 3.63) is 27.9 Å². The first kappa shape index (κ1) is 13.3. The summed E-state index contributed by atoms with van der Waals surface area (Å²) >= 11 is 0. The van der Waals surface area contributed by atoms with Gasteiger partial charge in [-0.1, -0.05) is 0 Å². The molecular weight excluding hydrogens is 226 g/mol. The molecule has 7 nitrogen and oxygen atoms in total. The van der Waals surface area contributed by atoms with Crippen molar-refractivity contribution in [1.82, 2.24) is 4.98 Å². The fourth-order valence-corrected chi connectivity index (χ4v) is 1.29. The molecule has 0 aromatic carbocycles. The van der Waals surface area contributed by atoms with Crippen molar-refractivity contribution >= 4 is 11.5 Å². The highest BCUT2D eigenvalue weighted by atomic mass is 16.6. The highest BCUT2D eigenvalue weighted by Gasteiger charge is 2.15. The number of aryl methyl sites for hydroxylation is 1. The first-order valence-electron chi connectivity index (χ1n) is 5.07. The van der Waals surface area contributed by atoms with Crippen molar-refractivity contribution in [1.29, 1.82) is 0 Å². The number of nitro groups is 1. The molecule has 0 spiro atoms. The standard InChI is InChI=1S/C10H15N3O4/c1-7-3-4-9(13(15)16)10(12-7)11-5-8(14)6-17-2/h3-4,8,14H,5-6H2,1-2H3,(H,11,12). The van der Waals surface area contributed by atoms with Gasteiger partial charge in [0.05, 0.1) is 17.6 Å². The van der Waals surface area contributed by atoms with Gasteiger partial charge in [0.1, 0.15) is 0 Å². The molecule has 1 heterocycles. The van der Waals surface area contributed by atoms with Gasteiger partial charge >= 0.3 is 5.69 Å². The summed E-state index contributed by atoms with van der Waals surface area (Å²) in [5.41, 5.74) is 0.555. The van der Waals surface area contributed by atoms with E-state index in [9.17, 15) is 15.2 Å². The molecule has 2 N–H and O–H groups in total. The minimum absolute atomic E-state index is 0.111.